The number of carbonyl (C=O) groups excluding carboxylic acids is 1. The molecule has 0 saturated heterocycles. The van der Waals surface area contributed by atoms with Crippen molar-refractivity contribution in [1.82, 2.24) is 4.72 Å². The minimum atomic E-state index is -3.56. The Morgan fingerprint density at radius 1 is 1.17 bits per heavy atom. The van der Waals surface area contributed by atoms with E-state index in [0.29, 0.717) is 18.0 Å². The highest BCUT2D eigenvalue weighted by Gasteiger charge is 2.26. The van der Waals surface area contributed by atoms with E-state index in [2.05, 4.69) is 17.0 Å². The Hall–Kier alpha value is -1.05. The smallest absolute Gasteiger partial charge is 0.240 e. The van der Waals surface area contributed by atoms with Gasteiger partial charge in [0.15, 0.2) is 0 Å². The molecule has 1 saturated carbocycles. The van der Waals surface area contributed by atoms with Crippen LogP contribution >= 0.6 is 11.8 Å². The van der Waals surface area contributed by atoms with Crippen molar-refractivity contribution in [1.29, 1.82) is 0 Å². The SMILES string of the molecule is CC1CCC(NS(=O)(=O)c2ccc3c(c2)NC(=O)C[C@H](C)S3)CC1. The van der Waals surface area contributed by atoms with Gasteiger partial charge in [0.25, 0.3) is 0 Å². The monoisotopic (exact) mass is 368 g/mol. The topological polar surface area (TPSA) is 75.3 Å². The molecule has 0 unspecified atom stereocenters. The maximum absolute atomic E-state index is 12.7. The van der Waals surface area contributed by atoms with Gasteiger partial charge in [-0.05, 0) is 49.8 Å². The zero-order chi connectivity index (χ0) is 17.3. The Balaban J connectivity index is 1.80. The number of hydrogen-bond donors (Lipinski definition) is 2. The lowest BCUT2D eigenvalue weighted by molar-refractivity contribution is -0.116. The molecule has 1 amide bonds. The highest BCUT2D eigenvalue weighted by molar-refractivity contribution is 8.00. The number of nitrogens with one attached hydrogen (secondary N) is 2. The second-order valence-corrected chi connectivity index (χ2v) is 10.1. The summed E-state index contributed by atoms with van der Waals surface area (Å²) in [7, 11) is -3.56. The number of anilines is 1. The van der Waals surface area contributed by atoms with E-state index in [1.54, 1.807) is 30.0 Å². The van der Waals surface area contributed by atoms with Gasteiger partial charge in [-0.2, -0.15) is 0 Å². The summed E-state index contributed by atoms with van der Waals surface area (Å²) < 4.78 is 28.2. The van der Waals surface area contributed by atoms with Crippen LogP contribution in [-0.2, 0) is 14.8 Å². The van der Waals surface area contributed by atoms with Crippen molar-refractivity contribution in [2.45, 2.75) is 67.0 Å². The number of amides is 1. The van der Waals surface area contributed by atoms with E-state index in [1.807, 2.05) is 6.92 Å². The standard InChI is InChI=1S/C17H24N2O3S2/c1-11-3-5-13(6-4-11)19-24(21,22)14-7-8-16-15(10-14)18-17(20)9-12(2)23-16/h7-8,10-13,19H,3-6,9H2,1-2H3,(H,18,20)/t11?,12-,13?/m0/s1. The zero-order valence-corrected chi connectivity index (χ0v) is 15.7. The van der Waals surface area contributed by atoms with Gasteiger partial charge in [0.05, 0.1) is 10.6 Å². The zero-order valence-electron chi connectivity index (χ0n) is 14.0. The second kappa shape index (κ2) is 7.06. The molecule has 7 heteroatoms. The van der Waals surface area contributed by atoms with Gasteiger partial charge in [-0.15, -0.1) is 11.8 Å². The van der Waals surface area contributed by atoms with Gasteiger partial charge in [0.2, 0.25) is 15.9 Å². The van der Waals surface area contributed by atoms with Gasteiger partial charge in [-0.3, -0.25) is 4.79 Å². The van der Waals surface area contributed by atoms with E-state index >= 15 is 0 Å². The molecule has 1 aliphatic heterocycles. The van der Waals surface area contributed by atoms with Gasteiger partial charge >= 0.3 is 0 Å². The first-order valence-electron chi connectivity index (χ1n) is 8.46. The number of rotatable bonds is 3. The molecule has 1 aromatic rings. The van der Waals surface area contributed by atoms with E-state index < -0.39 is 10.0 Å². The van der Waals surface area contributed by atoms with Crippen molar-refractivity contribution in [3.8, 4) is 0 Å². The lowest BCUT2D eigenvalue weighted by atomic mass is 9.88. The summed E-state index contributed by atoms with van der Waals surface area (Å²) >= 11 is 1.59. The van der Waals surface area contributed by atoms with Crippen molar-refractivity contribution >= 4 is 33.4 Å². The van der Waals surface area contributed by atoms with Crippen molar-refractivity contribution in [3.05, 3.63) is 18.2 Å². The fourth-order valence-corrected chi connectivity index (χ4v) is 5.65. The maximum atomic E-state index is 12.7. The van der Waals surface area contributed by atoms with Crippen molar-refractivity contribution in [2.24, 2.45) is 5.92 Å². The third-order valence-electron chi connectivity index (χ3n) is 4.67. The number of benzene rings is 1. The van der Waals surface area contributed by atoms with Crippen LogP contribution in [0, 0.1) is 5.92 Å². The van der Waals surface area contributed by atoms with E-state index in [0.717, 1.165) is 30.6 Å². The summed E-state index contributed by atoms with van der Waals surface area (Å²) in [5.41, 5.74) is 0.592. The Bertz CT molecular complexity index is 725. The molecule has 1 atom stereocenters. The summed E-state index contributed by atoms with van der Waals surface area (Å²) in [6.45, 7) is 4.20. The molecule has 2 N–H and O–H groups in total. The lowest BCUT2D eigenvalue weighted by Crippen LogP contribution is -2.37. The van der Waals surface area contributed by atoms with E-state index in [-0.39, 0.29) is 22.1 Å². The normalized spacial score (nSPS) is 27.9. The molecule has 0 bridgehead atoms. The third kappa shape index (κ3) is 4.13. The predicted octanol–water partition coefficient (Wildman–Crippen LogP) is 3.37. The molecule has 1 aromatic carbocycles. The molecule has 0 radical (unpaired) electrons. The fourth-order valence-electron chi connectivity index (χ4n) is 3.26. The number of hydrogen-bond acceptors (Lipinski definition) is 4. The molecular formula is C17H24N2O3S2. The van der Waals surface area contributed by atoms with Crippen LogP contribution < -0.4 is 10.0 Å². The van der Waals surface area contributed by atoms with Crippen LogP contribution in [0.1, 0.15) is 46.0 Å². The van der Waals surface area contributed by atoms with Crippen LogP contribution in [0.4, 0.5) is 5.69 Å². The number of carbonyl (C=O) groups is 1. The Morgan fingerprint density at radius 2 is 1.88 bits per heavy atom. The molecule has 0 spiro atoms. The third-order valence-corrected chi connectivity index (χ3v) is 7.37. The molecule has 5 nitrogen and oxygen atoms in total. The van der Waals surface area contributed by atoms with Crippen LogP contribution in [0.15, 0.2) is 28.0 Å². The highest BCUT2D eigenvalue weighted by atomic mass is 32.2. The van der Waals surface area contributed by atoms with Gasteiger partial charge in [-0.1, -0.05) is 13.8 Å². The molecule has 3 rings (SSSR count). The van der Waals surface area contributed by atoms with Gasteiger partial charge in [0, 0.05) is 22.6 Å². The summed E-state index contributed by atoms with van der Waals surface area (Å²) in [4.78, 5) is 13.0. The minimum absolute atomic E-state index is 0.00833. The highest BCUT2D eigenvalue weighted by Crippen LogP contribution is 2.36. The molecule has 2 aliphatic rings. The first kappa shape index (κ1) is 17.8. The van der Waals surface area contributed by atoms with Crippen LogP contribution in [0.25, 0.3) is 0 Å². The summed E-state index contributed by atoms with van der Waals surface area (Å²) in [6.07, 6.45) is 4.31. The fraction of sp³-hybridized carbons (Fsp3) is 0.588. The molecule has 24 heavy (non-hydrogen) atoms. The minimum Gasteiger partial charge on any atom is -0.325 e. The van der Waals surface area contributed by atoms with Crippen LogP contribution in [-0.4, -0.2) is 25.6 Å². The molecule has 1 fully saturated rings. The molecule has 1 heterocycles. The summed E-state index contributed by atoms with van der Waals surface area (Å²) in [5.74, 6) is 0.602. The largest absolute Gasteiger partial charge is 0.325 e. The first-order valence-corrected chi connectivity index (χ1v) is 10.8. The molecule has 132 valence electrons. The average Bonchev–Trinajstić information content (AvgIpc) is 2.64. The molecule has 0 aromatic heterocycles. The van der Waals surface area contributed by atoms with E-state index in [9.17, 15) is 13.2 Å². The Morgan fingerprint density at radius 3 is 2.58 bits per heavy atom. The quantitative estimate of drug-likeness (QED) is 0.858. The van der Waals surface area contributed by atoms with Gasteiger partial charge in [0.1, 0.15) is 0 Å². The molecule has 1 aliphatic carbocycles. The van der Waals surface area contributed by atoms with Gasteiger partial charge in [-0.25, -0.2) is 13.1 Å². The first-order chi connectivity index (χ1) is 11.3. The van der Waals surface area contributed by atoms with Crippen LogP contribution in [0.5, 0.6) is 0 Å². The average molecular weight is 369 g/mol. The maximum Gasteiger partial charge on any atom is 0.240 e. The van der Waals surface area contributed by atoms with Crippen molar-refractivity contribution in [3.63, 3.8) is 0 Å². The number of fused-ring (bicyclic) bond motifs is 1. The second-order valence-electron chi connectivity index (χ2n) is 6.92. The molecular weight excluding hydrogens is 344 g/mol. The van der Waals surface area contributed by atoms with Crippen LogP contribution in [0.3, 0.4) is 0 Å². The van der Waals surface area contributed by atoms with Crippen molar-refractivity contribution < 1.29 is 13.2 Å². The number of sulfonamides is 1. The summed E-state index contributed by atoms with van der Waals surface area (Å²) in [5, 5.41) is 3.00. The lowest BCUT2D eigenvalue weighted by Gasteiger charge is -2.26. The van der Waals surface area contributed by atoms with Crippen LogP contribution in [0.2, 0.25) is 0 Å². The van der Waals surface area contributed by atoms with E-state index in [1.165, 1.54) is 0 Å². The Kier molecular flexibility index (Phi) is 5.22. The van der Waals surface area contributed by atoms with Gasteiger partial charge < -0.3 is 5.32 Å². The Labute approximate surface area is 148 Å². The number of thioether (sulfide) groups is 1. The van der Waals surface area contributed by atoms with E-state index in [4.69, 9.17) is 0 Å². The van der Waals surface area contributed by atoms with Crippen molar-refractivity contribution in [2.75, 3.05) is 5.32 Å². The summed E-state index contributed by atoms with van der Waals surface area (Å²) in [6, 6.07) is 5.00. The predicted molar refractivity (Wildman–Crippen MR) is 96.7 cm³/mol.